The Hall–Kier alpha value is -1.69. The molecule has 0 saturated carbocycles. The van der Waals surface area contributed by atoms with Crippen LogP contribution < -0.4 is 5.32 Å². The number of alkyl halides is 1. The molecule has 1 amide bonds. The number of hydrogen-bond donors (Lipinski definition) is 1. The van der Waals surface area contributed by atoms with E-state index in [-0.39, 0.29) is 5.91 Å². The van der Waals surface area contributed by atoms with Crippen molar-refractivity contribution in [2.24, 2.45) is 0 Å². The topological polar surface area (TPSA) is 59.8 Å². The molecule has 2 heterocycles. The van der Waals surface area contributed by atoms with Gasteiger partial charge < -0.3 is 5.32 Å². The third-order valence-corrected chi connectivity index (χ3v) is 2.82. The summed E-state index contributed by atoms with van der Waals surface area (Å²) in [5.41, 5.74) is 0.697. The van der Waals surface area contributed by atoms with Gasteiger partial charge in [0, 0.05) is 24.1 Å². The lowest BCUT2D eigenvalue weighted by Gasteiger charge is -2.06. The third kappa shape index (κ3) is 2.95. The fourth-order valence-corrected chi connectivity index (χ4v) is 1.89. The second-order valence-corrected chi connectivity index (χ2v) is 4.53. The van der Waals surface area contributed by atoms with Crippen molar-refractivity contribution >= 4 is 27.5 Å². The van der Waals surface area contributed by atoms with Crippen molar-refractivity contribution < 1.29 is 4.79 Å². The summed E-state index contributed by atoms with van der Waals surface area (Å²) in [6.07, 6.45) is 5.66. The Morgan fingerprint density at radius 3 is 2.83 bits per heavy atom. The smallest absolute Gasteiger partial charge is 0.225 e. The van der Waals surface area contributed by atoms with Crippen LogP contribution in [-0.4, -0.2) is 25.8 Å². The van der Waals surface area contributed by atoms with Crippen molar-refractivity contribution in [2.45, 2.75) is 13.3 Å². The average molecular weight is 309 g/mol. The number of amides is 1. The molecule has 0 atom stereocenters. The zero-order chi connectivity index (χ0) is 13.0. The van der Waals surface area contributed by atoms with Crippen LogP contribution in [0.3, 0.4) is 0 Å². The monoisotopic (exact) mass is 308 g/mol. The fraction of sp³-hybridized carbons (Fsp3) is 0.250. The number of nitrogens with one attached hydrogen (secondary N) is 1. The molecule has 1 N–H and O–H groups in total. The highest BCUT2D eigenvalue weighted by molar-refractivity contribution is 9.09. The number of carbonyl (C=O) groups is 1. The second kappa shape index (κ2) is 5.77. The van der Waals surface area contributed by atoms with Gasteiger partial charge in [0.25, 0.3) is 0 Å². The number of rotatable bonds is 4. The maximum absolute atomic E-state index is 11.4. The molecule has 0 aliphatic carbocycles. The summed E-state index contributed by atoms with van der Waals surface area (Å²) in [5, 5.41) is 3.43. The molecule has 0 radical (unpaired) electrons. The molecule has 0 aromatic carbocycles. The fourth-order valence-electron chi connectivity index (χ4n) is 1.53. The number of halogens is 1. The van der Waals surface area contributed by atoms with Gasteiger partial charge >= 0.3 is 0 Å². The predicted molar refractivity (Wildman–Crippen MR) is 73.1 cm³/mol. The van der Waals surface area contributed by atoms with E-state index in [1.165, 1.54) is 0 Å². The highest BCUT2D eigenvalue weighted by Crippen LogP contribution is 2.11. The Morgan fingerprint density at radius 2 is 2.28 bits per heavy atom. The summed E-state index contributed by atoms with van der Waals surface area (Å²) >= 11 is 3.22. The van der Waals surface area contributed by atoms with Gasteiger partial charge in [0.15, 0.2) is 0 Å². The number of imidazole rings is 1. The molecule has 2 rings (SSSR count). The molecule has 0 unspecified atom stereocenters. The Bertz CT molecular complexity index is 535. The Balaban J connectivity index is 2.11. The van der Waals surface area contributed by atoms with Crippen LogP contribution in [0.1, 0.15) is 12.2 Å². The van der Waals surface area contributed by atoms with Gasteiger partial charge in [0.05, 0.1) is 11.9 Å². The minimum Gasteiger partial charge on any atom is -0.325 e. The number of carbonyl (C=O) groups excluding carboxylic acids is 1. The van der Waals surface area contributed by atoms with Crippen LogP contribution in [0.2, 0.25) is 0 Å². The van der Waals surface area contributed by atoms with Crippen LogP contribution in [0.25, 0.3) is 5.82 Å². The SMILES string of the molecule is Cc1nccn1-c1ccc(NC(=O)CCBr)cn1. The van der Waals surface area contributed by atoms with E-state index in [1.807, 2.05) is 29.8 Å². The number of hydrogen-bond acceptors (Lipinski definition) is 3. The van der Waals surface area contributed by atoms with Crippen molar-refractivity contribution in [2.75, 3.05) is 10.6 Å². The zero-order valence-corrected chi connectivity index (χ0v) is 11.5. The summed E-state index contributed by atoms with van der Waals surface area (Å²) in [6, 6.07) is 3.67. The van der Waals surface area contributed by atoms with E-state index in [0.29, 0.717) is 17.4 Å². The summed E-state index contributed by atoms with van der Waals surface area (Å²) < 4.78 is 1.88. The van der Waals surface area contributed by atoms with Crippen LogP contribution in [0, 0.1) is 6.92 Å². The van der Waals surface area contributed by atoms with Crippen molar-refractivity contribution in [1.82, 2.24) is 14.5 Å². The normalized spacial score (nSPS) is 10.3. The van der Waals surface area contributed by atoms with Gasteiger partial charge in [-0.2, -0.15) is 0 Å². The van der Waals surface area contributed by atoms with Crippen LogP contribution in [0.5, 0.6) is 0 Å². The standard InChI is InChI=1S/C12H13BrN4O/c1-9-14-6-7-17(9)11-3-2-10(8-15-11)16-12(18)4-5-13/h2-3,6-8H,4-5H2,1H3,(H,16,18). The molecule has 0 spiro atoms. The lowest BCUT2D eigenvalue weighted by molar-refractivity contribution is -0.115. The minimum absolute atomic E-state index is 0.0276. The van der Waals surface area contributed by atoms with Crippen molar-refractivity contribution in [3.05, 3.63) is 36.5 Å². The van der Waals surface area contributed by atoms with E-state index in [1.54, 1.807) is 12.4 Å². The third-order valence-electron chi connectivity index (χ3n) is 2.43. The maximum atomic E-state index is 11.4. The molecule has 2 aromatic heterocycles. The maximum Gasteiger partial charge on any atom is 0.225 e. The second-order valence-electron chi connectivity index (χ2n) is 3.74. The van der Waals surface area contributed by atoms with Gasteiger partial charge in [-0.15, -0.1) is 0 Å². The van der Waals surface area contributed by atoms with Crippen molar-refractivity contribution in [3.63, 3.8) is 0 Å². The molecule has 18 heavy (non-hydrogen) atoms. The summed E-state index contributed by atoms with van der Waals surface area (Å²) in [7, 11) is 0. The van der Waals surface area contributed by atoms with E-state index >= 15 is 0 Å². The summed E-state index contributed by atoms with van der Waals surface area (Å²) in [5.74, 6) is 1.63. The lowest BCUT2D eigenvalue weighted by atomic mass is 10.3. The van der Waals surface area contributed by atoms with Gasteiger partial charge in [-0.1, -0.05) is 15.9 Å². The van der Waals surface area contributed by atoms with Crippen LogP contribution in [0.15, 0.2) is 30.7 Å². The molecule has 0 saturated heterocycles. The van der Waals surface area contributed by atoms with Gasteiger partial charge in [0.1, 0.15) is 11.6 Å². The van der Waals surface area contributed by atoms with Gasteiger partial charge in [-0.3, -0.25) is 9.36 Å². The van der Waals surface area contributed by atoms with Crippen LogP contribution in [0.4, 0.5) is 5.69 Å². The quantitative estimate of drug-likeness (QED) is 0.882. The number of nitrogens with zero attached hydrogens (tertiary/aromatic N) is 3. The van der Waals surface area contributed by atoms with Crippen LogP contribution >= 0.6 is 15.9 Å². The molecule has 0 aliphatic rings. The zero-order valence-electron chi connectivity index (χ0n) is 9.93. The molecule has 0 bridgehead atoms. The first-order valence-electron chi connectivity index (χ1n) is 5.53. The van der Waals surface area contributed by atoms with Gasteiger partial charge in [-0.05, 0) is 19.1 Å². The molecule has 2 aromatic rings. The van der Waals surface area contributed by atoms with E-state index in [9.17, 15) is 4.79 Å². The summed E-state index contributed by atoms with van der Waals surface area (Å²) in [6.45, 7) is 1.91. The first kappa shape index (κ1) is 12.8. The molecule has 94 valence electrons. The van der Waals surface area contributed by atoms with E-state index in [0.717, 1.165) is 11.6 Å². The highest BCUT2D eigenvalue weighted by atomic mass is 79.9. The number of aryl methyl sites for hydroxylation is 1. The first-order valence-corrected chi connectivity index (χ1v) is 6.65. The van der Waals surface area contributed by atoms with Gasteiger partial charge in [-0.25, -0.2) is 9.97 Å². The lowest BCUT2D eigenvalue weighted by Crippen LogP contribution is -2.12. The Morgan fingerprint density at radius 1 is 1.44 bits per heavy atom. The number of aromatic nitrogens is 3. The summed E-state index contributed by atoms with van der Waals surface area (Å²) in [4.78, 5) is 19.8. The Kier molecular flexibility index (Phi) is 4.09. The molecule has 0 aliphatic heterocycles. The van der Waals surface area contributed by atoms with Crippen LogP contribution in [-0.2, 0) is 4.79 Å². The molecular weight excluding hydrogens is 296 g/mol. The average Bonchev–Trinajstić information content (AvgIpc) is 2.77. The molecular formula is C12H13BrN4O. The first-order chi connectivity index (χ1) is 8.70. The largest absolute Gasteiger partial charge is 0.325 e. The predicted octanol–water partition coefficient (Wildman–Crippen LogP) is 2.30. The van der Waals surface area contributed by atoms with E-state index in [4.69, 9.17) is 0 Å². The Labute approximate surface area is 113 Å². The van der Waals surface area contributed by atoms with E-state index < -0.39 is 0 Å². The molecule has 6 heteroatoms. The molecule has 0 fully saturated rings. The number of anilines is 1. The van der Waals surface area contributed by atoms with Crippen molar-refractivity contribution in [1.29, 1.82) is 0 Å². The molecule has 5 nitrogen and oxygen atoms in total. The van der Waals surface area contributed by atoms with Gasteiger partial charge in [0.2, 0.25) is 5.91 Å². The van der Waals surface area contributed by atoms with E-state index in [2.05, 4.69) is 31.2 Å². The number of pyridine rings is 1. The minimum atomic E-state index is -0.0276. The van der Waals surface area contributed by atoms with Crippen molar-refractivity contribution in [3.8, 4) is 5.82 Å². The highest BCUT2D eigenvalue weighted by Gasteiger charge is 2.04.